The van der Waals surface area contributed by atoms with Crippen molar-refractivity contribution in [2.24, 2.45) is 0 Å². The Labute approximate surface area is 214 Å². The van der Waals surface area contributed by atoms with Crippen molar-refractivity contribution in [3.63, 3.8) is 0 Å². The van der Waals surface area contributed by atoms with Crippen LogP contribution in [0.2, 0.25) is 0 Å². The molecular weight excluding hydrogens is 481 g/mol. The van der Waals surface area contributed by atoms with Gasteiger partial charge in [-0.15, -0.1) is 0 Å². The van der Waals surface area contributed by atoms with Crippen molar-refractivity contribution < 1.29 is 13.2 Å². The molecule has 0 atom stereocenters. The molecule has 37 heavy (non-hydrogen) atoms. The maximum Gasteiger partial charge on any atom is 0.433 e. The lowest BCUT2D eigenvalue weighted by atomic mass is 9.94. The number of anilines is 2. The molecular formula is C26H33F3N8. The van der Waals surface area contributed by atoms with Crippen molar-refractivity contribution in [1.82, 2.24) is 29.4 Å². The number of pyridine rings is 1. The third-order valence-corrected chi connectivity index (χ3v) is 7.39. The standard InChI is InChI=1S/C26H33F3N8/c1-17(2)22-23(30)32-16-33-25(22)36-10-5-18(6-11-36)24-34-20(15-37(24)13-12-35-8-3-9-35)19-4-7-31-21(14-19)26(27,28)29/h4,7,14-18H,3,5-6,8-13H2,1-2H3,(H2,30,32,33). The molecule has 3 aromatic rings. The van der Waals surface area contributed by atoms with Crippen LogP contribution in [-0.2, 0) is 12.7 Å². The van der Waals surface area contributed by atoms with E-state index in [1.165, 1.54) is 18.9 Å². The Balaban J connectivity index is 1.39. The molecule has 11 heteroatoms. The smallest absolute Gasteiger partial charge is 0.383 e. The Kier molecular flexibility index (Phi) is 7.06. The molecule has 5 heterocycles. The minimum absolute atomic E-state index is 0.201. The van der Waals surface area contributed by atoms with E-state index in [1.807, 2.05) is 6.20 Å². The zero-order valence-electron chi connectivity index (χ0n) is 21.2. The summed E-state index contributed by atoms with van der Waals surface area (Å²) in [5.41, 5.74) is 7.22. The van der Waals surface area contributed by atoms with E-state index in [4.69, 9.17) is 10.7 Å². The molecule has 5 rings (SSSR count). The van der Waals surface area contributed by atoms with Crippen LogP contribution < -0.4 is 10.6 Å². The second-order valence-electron chi connectivity index (χ2n) is 10.2. The lowest BCUT2D eigenvalue weighted by Crippen LogP contribution is -2.39. The van der Waals surface area contributed by atoms with Crippen molar-refractivity contribution in [3.05, 3.63) is 47.9 Å². The molecule has 0 unspecified atom stereocenters. The number of nitrogens with two attached hydrogens (primary N) is 1. The minimum Gasteiger partial charge on any atom is -0.383 e. The molecule has 198 valence electrons. The average Bonchev–Trinajstić information content (AvgIpc) is 3.26. The van der Waals surface area contributed by atoms with Crippen LogP contribution in [0.5, 0.6) is 0 Å². The van der Waals surface area contributed by atoms with Crippen molar-refractivity contribution in [3.8, 4) is 11.3 Å². The number of nitrogens with zero attached hydrogens (tertiary/aromatic N) is 7. The number of imidazole rings is 1. The lowest BCUT2D eigenvalue weighted by molar-refractivity contribution is -0.141. The van der Waals surface area contributed by atoms with Gasteiger partial charge in [-0.3, -0.25) is 4.98 Å². The van der Waals surface area contributed by atoms with E-state index in [0.717, 1.165) is 75.4 Å². The molecule has 2 fully saturated rings. The molecule has 2 saturated heterocycles. The summed E-state index contributed by atoms with van der Waals surface area (Å²) in [5.74, 6) is 2.75. The predicted molar refractivity (Wildman–Crippen MR) is 136 cm³/mol. The summed E-state index contributed by atoms with van der Waals surface area (Å²) in [6.45, 7) is 9.62. The summed E-state index contributed by atoms with van der Waals surface area (Å²) in [5, 5.41) is 0. The Morgan fingerprint density at radius 1 is 1.05 bits per heavy atom. The van der Waals surface area contributed by atoms with Crippen LogP contribution in [0.3, 0.4) is 0 Å². The highest BCUT2D eigenvalue weighted by Gasteiger charge is 2.33. The number of hydrogen-bond acceptors (Lipinski definition) is 7. The number of aromatic nitrogens is 5. The number of nitrogen functional groups attached to an aromatic ring is 1. The summed E-state index contributed by atoms with van der Waals surface area (Å²) in [7, 11) is 0. The van der Waals surface area contributed by atoms with Gasteiger partial charge < -0.3 is 20.1 Å². The topological polar surface area (TPSA) is 89.0 Å². The molecule has 2 aliphatic heterocycles. The highest BCUT2D eigenvalue weighted by atomic mass is 19.4. The third-order valence-electron chi connectivity index (χ3n) is 7.39. The number of piperidine rings is 1. The first-order valence-corrected chi connectivity index (χ1v) is 12.9. The van der Waals surface area contributed by atoms with Crippen LogP contribution in [0.4, 0.5) is 24.8 Å². The van der Waals surface area contributed by atoms with E-state index >= 15 is 0 Å². The van der Waals surface area contributed by atoms with Gasteiger partial charge in [0.05, 0.1) is 5.69 Å². The fraction of sp³-hybridized carbons (Fsp3) is 0.538. The van der Waals surface area contributed by atoms with Crippen molar-refractivity contribution in [2.45, 2.75) is 57.7 Å². The zero-order valence-corrected chi connectivity index (χ0v) is 21.2. The van der Waals surface area contributed by atoms with Gasteiger partial charge in [0.2, 0.25) is 0 Å². The first-order valence-electron chi connectivity index (χ1n) is 12.9. The highest BCUT2D eigenvalue weighted by Crippen LogP contribution is 2.36. The van der Waals surface area contributed by atoms with E-state index in [2.05, 4.69) is 43.2 Å². The largest absolute Gasteiger partial charge is 0.433 e. The van der Waals surface area contributed by atoms with Crippen LogP contribution in [-0.4, -0.2) is 62.1 Å². The predicted octanol–water partition coefficient (Wildman–Crippen LogP) is 4.55. The van der Waals surface area contributed by atoms with Gasteiger partial charge in [0.1, 0.15) is 29.5 Å². The molecule has 2 N–H and O–H groups in total. The molecule has 0 aromatic carbocycles. The molecule has 0 radical (unpaired) electrons. The first-order chi connectivity index (χ1) is 17.7. The Morgan fingerprint density at radius 2 is 1.81 bits per heavy atom. The minimum atomic E-state index is -4.50. The molecule has 0 spiro atoms. The van der Waals surface area contributed by atoms with E-state index in [0.29, 0.717) is 17.1 Å². The van der Waals surface area contributed by atoms with Gasteiger partial charge in [0.15, 0.2) is 0 Å². The number of rotatable bonds is 7. The monoisotopic (exact) mass is 514 g/mol. The quantitative estimate of drug-likeness (QED) is 0.495. The van der Waals surface area contributed by atoms with Crippen LogP contribution in [0.25, 0.3) is 11.3 Å². The van der Waals surface area contributed by atoms with Gasteiger partial charge in [0, 0.05) is 55.6 Å². The van der Waals surface area contributed by atoms with Gasteiger partial charge in [-0.2, -0.15) is 13.2 Å². The fourth-order valence-corrected chi connectivity index (χ4v) is 5.23. The summed E-state index contributed by atoms with van der Waals surface area (Å²) in [4.78, 5) is 21.8. The molecule has 3 aromatic heterocycles. The SMILES string of the molecule is CC(C)c1c(N)ncnc1N1CCC(c2nc(-c3ccnc(C(F)(F)F)c3)cn2CCN2CCC2)CC1. The van der Waals surface area contributed by atoms with E-state index in [-0.39, 0.29) is 11.8 Å². The lowest BCUT2D eigenvalue weighted by Gasteiger charge is -2.35. The second-order valence-corrected chi connectivity index (χ2v) is 10.2. The number of halogens is 3. The van der Waals surface area contributed by atoms with Crippen molar-refractivity contribution in [1.29, 1.82) is 0 Å². The van der Waals surface area contributed by atoms with E-state index < -0.39 is 11.9 Å². The Bertz CT molecular complexity index is 1230. The van der Waals surface area contributed by atoms with Crippen LogP contribution in [0.1, 0.15) is 62.0 Å². The highest BCUT2D eigenvalue weighted by molar-refractivity contribution is 5.60. The van der Waals surface area contributed by atoms with Crippen molar-refractivity contribution >= 4 is 11.6 Å². The van der Waals surface area contributed by atoms with Gasteiger partial charge in [-0.25, -0.2) is 15.0 Å². The van der Waals surface area contributed by atoms with Crippen LogP contribution in [0.15, 0.2) is 30.9 Å². The van der Waals surface area contributed by atoms with Gasteiger partial charge >= 0.3 is 6.18 Å². The molecule has 0 aliphatic carbocycles. The molecule has 0 bridgehead atoms. The first kappa shape index (κ1) is 25.4. The van der Waals surface area contributed by atoms with Gasteiger partial charge in [0.25, 0.3) is 0 Å². The maximum absolute atomic E-state index is 13.3. The van der Waals surface area contributed by atoms with Crippen molar-refractivity contribution in [2.75, 3.05) is 43.4 Å². The van der Waals surface area contributed by atoms with E-state index in [1.54, 1.807) is 6.07 Å². The molecule has 8 nitrogen and oxygen atoms in total. The summed E-state index contributed by atoms with van der Waals surface area (Å²) >= 11 is 0. The summed E-state index contributed by atoms with van der Waals surface area (Å²) in [6.07, 6.45) is 3.07. The Morgan fingerprint density at radius 3 is 2.46 bits per heavy atom. The second kappa shape index (κ2) is 10.3. The Hall–Kier alpha value is -3.21. The van der Waals surface area contributed by atoms with Gasteiger partial charge in [-0.05, 0) is 50.4 Å². The van der Waals surface area contributed by atoms with E-state index in [9.17, 15) is 13.2 Å². The number of hydrogen-bond donors (Lipinski definition) is 1. The fourth-order valence-electron chi connectivity index (χ4n) is 5.23. The van der Waals surface area contributed by atoms with Crippen LogP contribution >= 0.6 is 0 Å². The van der Waals surface area contributed by atoms with Gasteiger partial charge in [-0.1, -0.05) is 13.8 Å². The summed E-state index contributed by atoms with van der Waals surface area (Å²) < 4.78 is 42.0. The third kappa shape index (κ3) is 5.41. The molecule has 0 amide bonds. The maximum atomic E-state index is 13.3. The normalized spacial score (nSPS) is 17.4. The average molecular weight is 515 g/mol. The number of alkyl halides is 3. The summed E-state index contributed by atoms with van der Waals surface area (Å²) in [6, 6.07) is 2.68. The zero-order chi connectivity index (χ0) is 26.2. The van der Waals surface area contributed by atoms with Crippen LogP contribution in [0, 0.1) is 0 Å². The molecule has 0 saturated carbocycles. The molecule has 2 aliphatic rings. The number of likely N-dealkylation sites (tertiary alicyclic amines) is 1.